The van der Waals surface area contributed by atoms with E-state index in [1.807, 2.05) is 31.2 Å². The molecule has 1 aromatic heterocycles. The summed E-state index contributed by atoms with van der Waals surface area (Å²) in [5.41, 5.74) is 2.58. The van der Waals surface area contributed by atoms with Crippen molar-refractivity contribution in [2.45, 2.75) is 32.1 Å². The van der Waals surface area contributed by atoms with Crippen molar-refractivity contribution in [1.82, 2.24) is 20.4 Å². The van der Waals surface area contributed by atoms with Crippen LogP contribution in [0.15, 0.2) is 47.0 Å². The second-order valence-electron chi connectivity index (χ2n) is 8.50. The summed E-state index contributed by atoms with van der Waals surface area (Å²) < 4.78 is 19.3. The van der Waals surface area contributed by atoms with Crippen LogP contribution in [-0.2, 0) is 17.1 Å². The zero-order valence-corrected chi connectivity index (χ0v) is 20.7. The zero-order chi connectivity index (χ0) is 23.9. The van der Waals surface area contributed by atoms with Gasteiger partial charge in [0.25, 0.3) is 0 Å². The number of carbonyl (C=O) groups excluding carboxylic acids is 1. The number of rotatable bonds is 9. The summed E-state index contributed by atoms with van der Waals surface area (Å²) >= 11 is 7.61. The Labute approximate surface area is 208 Å². The third-order valence-corrected chi connectivity index (χ3v) is 7.17. The van der Waals surface area contributed by atoms with Crippen LogP contribution in [0.1, 0.15) is 29.9 Å². The van der Waals surface area contributed by atoms with Crippen molar-refractivity contribution in [2.24, 2.45) is 5.92 Å². The number of piperidine rings is 1. The number of halogens is 2. The molecule has 1 amide bonds. The molecule has 1 aliphatic rings. The monoisotopic (exact) mass is 502 g/mol. The van der Waals surface area contributed by atoms with Crippen LogP contribution in [0.25, 0.3) is 11.4 Å². The molecule has 6 nitrogen and oxygen atoms in total. The number of amides is 1. The topological polar surface area (TPSA) is 71.3 Å². The number of nitrogens with zero attached hydrogens (tertiary/aromatic N) is 3. The highest BCUT2D eigenvalue weighted by Crippen LogP contribution is 2.24. The number of thioether (sulfide) groups is 1. The van der Waals surface area contributed by atoms with Gasteiger partial charge < -0.3 is 9.84 Å². The van der Waals surface area contributed by atoms with E-state index in [0.29, 0.717) is 53.4 Å². The maximum absolute atomic E-state index is 13.8. The van der Waals surface area contributed by atoms with Crippen LogP contribution in [0.3, 0.4) is 0 Å². The number of aromatic nitrogens is 2. The van der Waals surface area contributed by atoms with Crippen molar-refractivity contribution in [2.75, 3.05) is 25.4 Å². The van der Waals surface area contributed by atoms with Crippen molar-refractivity contribution < 1.29 is 13.7 Å². The van der Waals surface area contributed by atoms with E-state index < -0.39 is 0 Å². The van der Waals surface area contributed by atoms with Gasteiger partial charge in [0, 0.05) is 40.7 Å². The fourth-order valence-corrected chi connectivity index (χ4v) is 5.26. The van der Waals surface area contributed by atoms with Crippen LogP contribution in [0.2, 0.25) is 5.02 Å². The van der Waals surface area contributed by atoms with Gasteiger partial charge in [-0.2, -0.15) is 16.7 Å². The summed E-state index contributed by atoms with van der Waals surface area (Å²) in [6.07, 6.45) is 1.80. The molecule has 3 aromatic rings. The van der Waals surface area contributed by atoms with Gasteiger partial charge in [-0.3, -0.25) is 9.69 Å². The number of aryl methyl sites for hydroxylation is 1. The number of benzene rings is 2. The molecule has 4 rings (SSSR count). The minimum absolute atomic E-state index is 0.0557. The average Bonchev–Trinajstić information content (AvgIpc) is 3.29. The molecule has 1 unspecified atom stereocenters. The molecule has 2 heterocycles. The van der Waals surface area contributed by atoms with Crippen LogP contribution >= 0.6 is 23.4 Å². The minimum atomic E-state index is -0.293. The molecular weight excluding hydrogens is 475 g/mol. The Morgan fingerprint density at radius 1 is 1.32 bits per heavy atom. The Morgan fingerprint density at radius 3 is 3.00 bits per heavy atom. The molecule has 2 aromatic carbocycles. The summed E-state index contributed by atoms with van der Waals surface area (Å²) in [4.78, 5) is 19.4. The van der Waals surface area contributed by atoms with E-state index in [0.717, 1.165) is 30.5 Å². The van der Waals surface area contributed by atoms with E-state index in [4.69, 9.17) is 16.1 Å². The zero-order valence-electron chi connectivity index (χ0n) is 19.1. The molecule has 1 atom stereocenters. The second kappa shape index (κ2) is 11.8. The van der Waals surface area contributed by atoms with Crippen LogP contribution in [0.5, 0.6) is 0 Å². The summed E-state index contributed by atoms with van der Waals surface area (Å²) in [5.74, 6) is 2.00. The van der Waals surface area contributed by atoms with Crippen LogP contribution < -0.4 is 5.32 Å². The molecular formula is C25H28ClFN4O2S. The highest BCUT2D eigenvalue weighted by Gasteiger charge is 2.26. The average molecular weight is 503 g/mol. The Kier molecular flexibility index (Phi) is 8.59. The van der Waals surface area contributed by atoms with E-state index in [1.165, 1.54) is 6.07 Å². The van der Waals surface area contributed by atoms with Gasteiger partial charge in [0.1, 0.15) is 5.82 Å². The summed E-state index contributed by atoms with van der Waals surface area (Å²) in [5, 5.41) is 7.57. The van der Waals surface area contributed by atoms with Gasteiger partial charge in [-0.1, -0.05) is 46.6 Å². The van der Waals surface area contributed by atoms with Gasteiger partial charge >= 0.3 is 0 Å². The Balaban J connectivity index is 1.21. The summed E-state index contributed by atoms with van der Waals surface area (Å²) in [6, 6.07) is 12.7. The molecule has 9 heteroatoms. The molecule has 34 heavy (non-hydrogen) atoms. The summed E-state index contributed by atoms with van der Waals surface area (Å²) in [6.45, 7) is 4.65. The molecule has 0 saturated carbocycles. The number of nitrogens with one attached hydrogen (secondary N) is 1. The molecule has 0 bridgehead atoms. The number of hydrogen-bond donors (Lipinski definition) is 1. The van der Waals surface area contributed by atoms with E-state index in [2.05, 4.69) is 20.4 Å². The highest BCUT2D eigenvalue weighted by molar-refractivity contribution is 7.98. The molecule has 1 aliphatic heterocycles. The van der Waals surface area contributed by atoms with Gasteiger partial charge in [-0.05, 0) is 44.5 Å². The van der Waals surface area contributed by atoms with Crippen molar-refractivity contribution in [3.63, 3.8) is 0 Å². The predicted molar refractivity (Wildman–Crippen MR) is 133 cm³/mol. The van der Waals surface area contributed by atoms with Gasteiger partial charge in [0.2, 0.25) is 17.6 Å². The lowest BCUT2D eigenvalue weighted by molar-refractivity contribution is -0.126. The van der Waals surface area contributed by atoms with Gasteiger partial charge in [0.15, 0.2) is 0 Å². The van der Waals surface area contributed by atoms with E-state index >= 15 is 0 Å². The van der Waals surface area contributed by atoms with E-state index in [9.17, 15) is 9.18 Å². The number of hydrogen-bond acceptors (Lipinski definition) is 6. The number of carbonyl (C=O) groups is 1. The Hall–Kier alpha value is -2.42. The van der Waals surface area contributed by atoms with E-state index in [1.54, 1.807) is 23.9 Å². The third-order valence-electron chi connectivity index (χ3n) is 5.83. The predicted octanol–water partition coefficient (Wildman–Crippen LogP) is 5.10. The molecule has 180 valence electrons. The molecule has 1 fully saturated rings. The Morgan fingerprint density at radius 2 is 2.18 bits per heavy atom. The first kappa shape index (κ1) is 24.7. The maximum Gasteiger partial charge on any atom is 0.241 e. The standard InChI is InChI=1S/C25H28ClFN4O2S/c1-17-5-2-6-18(13-17)24-29-23(33-30-24)15-31-11-4-7-19(14-31)25(32)28-10-12-34-16-20-21(26)8-3-9-22(20)27/h2-3,5-6,8-9,13,19H,4,7,10-12,14-16H2,1H3,(H,28,32). The smallest absolute Gasteiger partial charge is 0.241 e. The normalized spacial score (nSPS) is 16.5. The fourth-order valence-electron chi connectivity index (χ4n) is 4.06. The largest absolute Gasteiger partial charge is 0.355 e. The SMILES string of the molecule is Cc1cccc(-c2noc(CN3CCCC(C(=O)NCCSCc4c(F)cccc4Cl)C3)n2)c1. The first-order chi connectivity index (χ1) is 16.5. The van der Waals surface area contributed by atoms with Crippen LogP contribution in [0.4, 0.5) is 4.39 Å². The maximum atomic E-state index is 13.8. The molecule has 0 spiro atoms. The van der Waals surface area contributed by atoms with Crippen molar-refractivity contribution in [1.29, 1.82) is 0 Å². The highest BCUT2D eigenvalue weighted by atomic mass is 35.5. The minimum Gasteiger partial charge on any atom is -0.355 e. The quantitative estimate of drug-likeness (QED) is 0.410. The van der Waals surface area contributed by atoms with Crippen LogP contribution in [-0.4, -0.2) is 46.3 Å². The van der Waals surface area contributed by atoms with Gasteiger partial charge in [-0.25, -0.2) is 4.39 Å². The van der Waals surface area contributed by atoms with Crippen molar-refractivity contribution >= 4 is 29.3 Å². The molecule has 0 aliphatic carbocycles. The lowest BCUT2D eigenvalue weighted by atomic mass is 9.97. The van der Waals surface area contributed by atoms with Crippen LogP contribution in [0, 0.1) is 18.7 Å². The lowest BCUT2D eigenvalue weighted by Gasteiger charge is -2.30. The van der Waals surface area contributed by atoms with Gasteiger partial charge in [-0.15, -0.1) is 0 Å². The van der Waals surface area contributed by atoms with Crippen molar-refractivity contribution in [3.8, 4) is 11.4 Å². The number of likely N-dealkylation sites (tertiary alicyclic amines) is 1. The first-order valence-corrected chi connectivity index (χ1v) is 12.9. The second-order valence-corrected chi connectivity index (χ2v) is 10.0. The molecule has 1 N–H and O–H groups in total. The van der Waals surface area contributed by atoms with Gasteiger partial charge in [0.05, 0.1) is 12.5 Å². The third kappa shape index (κ3) is 6.58. The van der Waals surface area contributed by atoms with Crippen molar-refractivity contribution in [3.05, 3.63) is 70.3 Å². The lowest BCUT2D eigenvalue weighted by Crippen LogP contribution is -2.43. The fraction of sp³-hybridized carbons (Fsp3) is 0.400. The summed E-state index contributed by atoms with van der Waals surface area (Å²) in [7, 11) is 0. The molecule has 1 saturated heterocycles. The van der Waals surface area contributed by atoms with E-state index in [-0.39, 0.29) is 17.6 Å². The Bertz CT molecular complexity index is 1110. The first-order valence-electron chi connectivity index (χ1n) is 11.4. The molecule has 0 radical (unpaired) electrons.